The molecule has 36 atom stereocenters. The third-order valence-corrected chi connectivity index (χ3v) is 43.4. The van der Waals surface area contributed by atoms with Crippen LogP contribution in [-0.2, 0) is 38.8 Å². The van der Waals surface area contributed by atoms with Crippen LogP contribution >= 0.6 is 28.1 Å². The first-order valence-electron chi connectivity index (χ1n) is 54.6. The van der Waals surface area contributed by atoms with Crippen LogP contribution in [0, 0.1) is 231 Å². The maximum Gasteiger partial charge on any atom is 0.157 e. The molecule has 0 radical (unpaired) electrons. The molecule has 0 aliphatic heterocycles. The fourth-order valence-electron chi connectivity index (χ4n) is 36.1. The zero-order valence-corrected chi connectivity index (χ0v) is 85.8. The van der Waals surface area contributed by atoms with Crippen molar-refractivity contribution >= 4 is 51.2 Å². The minimum Gasteiger partial charge on any atom is -0.412 e. The minimum atomic E-state index is -0.497. The first kappa shape index (κ1) is 106. The summed E-state index contributed by atoms with van der Waals surface area (Å²) in [5.74, 6) is 15.6. The van der Waals surface area contributed by atoms with Gasteiger partial charge in [0.1, 0.15) is 30.1 Å². The van der Waals surface area contributed by atoms with Gasteiger partial charge >= 0.3 is 0 Å². The van der Waals surface area contributed by atoms with Crippen molar-refractivity contribution < 1.29 is 57.9 Å². The highest BCUT2D eigenvalue weighted by Gasteiger charge is 2.69. The lowest BCUT2D eigenvalue weighted by Crippen LogP contribution is -2.58. The molecule has 16 aliphatic carbocycles. The second-order valence-electron chi connectivity index (χ2n) is 50.2. The van der Waals surface area contributed by atoms with Crippen molar-refractivity contribution in [2.45, 2.75) is 381 Å². The maximum atomic E-state index is 13.4. The molecule has 4 aromatic heterocycles. The van der Waals surface area contributed by atoms with E-state index in [1.807, 2.05) is 26.8 Å². The highest BCUT2D eigenvalue weighted by atomic mass is 79.9. The van der Waals surface area contributed by atoms with Crippen molar-refractivity contribution in [2.24, 2.45) is 185 Å². The van der Waals surface area contributed by atoms with Gasteiger partial charge in [-0.25, -0.2) is 0 Å². The van der Waals surface area contributed by atoms with Gasteiger partial charge in [0.2, 0.25) is 0 Å². The van der Waals surface area contributed by atoms with Crippen LogP contribution in [0.4, 0.5) is 3.89 Å². The Kier molecular flexibility index (Phi) is 32.5. The van der Waals surface area contributed by atoms with Gasteiger partial charge in [-0.15, -0.1) is 0 Å². The summed E-state index contributed by atoms with van der Waals surface area (Å²) in [7, 11) is 0. The summed E-state index contributed by atoms with van der Waals surface area (Å²) in [5.41, 5.74) is 2.06. The van der Waals surface area contributed by atoms with Crippen molar-refractivity contribution in [1.82, 2.24) is 39.5 Å². The van der Waals surface area contributed by atoms with E-state index in [-0.39, 0.29) is 105 Å². The normalized spacial score (nSPS) is 45.2. The van der Waals surface area contributed by atoms with Crippen molar-refractivity contribution in [2.75, 3.05) is 11.6 Å². The summed E-state index contributed by atoms with van der Waals surface area (Å²) in [6, 6.07) is 8.21. The van der Waals surface area contributed by atoms with Crippen LogP contribution in [0.25, 0.3) is 0 Å². The van der Waals surface area contributed by atoms with Gasteiger partial charge in [-0.05, 0) is 395 Å². The van der Waals surface area contributed by atoms with E-state index in [2.05, 4.69) is 150 Å². The molecule has 0 aromatic carbocycles. The Bertz CT molecular complexity index is 4650. The topological polar surface area (TPSA) is 358 Å². The summed E-state index contributed by atoms with van der Waals surface area (Å²) in [4.78, 5) is 52.8. The van der Waals surface area contributed by atoms with E-state index in [0.717, 1.165) is 157 Å². The van der Waals surface area contributed by atoms with Crippen LogP contribution in [0.2, 0.25) is 0 Å². The van der Waals surface area contributed by atoms with Crippen LogP contribution in [-0.4, -0.2) is 123 Å². The molecule has 4 aromatic rings. The van der Waals surface area contributed by atoms with Gasteiger partial charge in [0.25, 0.3) is 0 Å². The fourth-order valence-corrected chi connectivity index (χ4v) is 36.5. The Hall–Kier alpha value is -5.96. The molecule has 0 saturated heterocycles. The number of aromatic nitrogens is 8. The number of alkyl halides is 1. The van der Waals surface area contributed by atoms with Crippen LogP contribution in [0.15, 0.2) is 49.6 Å². The lowest BCUT2D eigenvalue weighted by molar-refractivity contribution is -0.166. The number of Topliss-reactive ketones (excluding diaryl/α,β-unsaturated/α-hetero) is 4. The summed E-state index contributed by atoms with van der Waals surface area (Å²) in [6.45, 7) is 38.6. The summed E-state index contributed by atoms with van der Waals surface area (Å²) in [5, 5.41) is 97.5. The van der Waals surface area contributed by atoms with Crippen molar-refractivity contribution in [3.63, 3.8) is 0 Å². The van der Waals surface area contributed by atoms with E-state index in [0.29, 0.717) is 149 Å². The molecule has 16 aliphatic rings. The number of hydrogen-bond donors (Lipinski definition) is 5. The average Bonchev–Trinajstić information content (AvgIpc) is 1.43. The lowest BCUT2D eigenvalue weighted by atomic mass is 9.42. The highest BCUT2D eigenvalue weighted by Crippen LogP contribution is 2.75. The van der Waals surface area contributed by atoms with Crippen molar-refractivity contribution in [3.8, 4) is 24.3 Å². The summed E-state index contributed by atoms with van der Waals surface area (Å²) in [6.07, 6.45) is 49.7. The van der Waals surface area contributed by atoms with E-state index < -0.39 is 22.4 Å². The van der Waals surface area contributed by atoms with Gasteiger partial charge in [-0.2, -0.15) is 45.3 Å². The number of H-pyrrole nitrogens is 1. The van der Waals surface area contributed by atoms with E-state index in [9.17, 15) is 43.5 Å². The van der Waals surface area contributed by atoms with Gasteiger partial charge in [0, 0.05) is 75.8 Å². The quantitative estimate of drug-likeness (QED) is 0.0871. The smallest absolute Gasteiger partial charge is 0.157 e. The van der Waals surface area contributed by atoms with E-state index in [4.69, 9.17) is 30.0 Å². The molecule has 762 valence electrons. The van der Waals surface area contributed by atoms with Crippen molar-refractivity contribution in [1.29, 1.82) is 21.0 Å². The monoisotopic (exact) mass is 1970 g/mol. The van der Waals surface area contributed by atoms with Gasteiger partial charge in [0.05, 0.1) is 94.4 Å². The molecule has 20 rings (SSSR count). The largest absolute Gasteiger partial charge is 0.412 e. The molecule has 16 fully saturated rings. The number of ketones is 4. The molecule has 2 unspecified atom stereocenters. The number of aliphatic hydroxyl groups is 4. The minimum absolute atomic E-state index is 0. The third kappa shape index (κ3) is 20.4. The number of carbonyl (C=O) groups excluding carboxylic acids is 4. The number of nitriles is 4. The van der Waals surface area contributed by atoms with Gasteiger partial charge in [0.15, 0.2) is 17.3 Å². The predicted molar refractivity (Wildman–Crippen MR) is 544 cm³/mol. The Morgan fingerprint density at radius 2 is 0.625 bits per heavy atom. The Morgan fingerprint density at radius 1 is 0.397 bits per heavy atom. The number of aromatic amines is 1. The molecule has 136 heavy (non-hydrogen) atoms. The SMILES string of the molecule is C.C.C.CC1C[C@H]2C[C@](C)(O)CC[C@]2(C)[C@H]2CC[C@]3(C)[C@@H](C(=O)CBr)CC[C@H]3[C@H]12.CC1C[C@H]2C[C@](C)(O)CC[C@]2(C)[C@H]2CC[C@]3(C)[C@@H](C(=O)Cn4cc(C#N)cn4)CC[C@H]3[C@H]12.CSF.C[C@@H]1C[C@H]2C[C@](C)(O)CC[C@]2(C)[C@H]2CC[C@]3(C)[C@H](C(=O)Cn4cc(C#N)cn4)CC[C@H]3[C@H]12.C[C@H]1C[C@H]2C[C@](C)(O)CC[C@]2(C)[C@H]2CC[C@]3(C)[C@@H](C(=O)Cn4cc(C#N)cn4)CC[C@H]3[C@H]12.N#Cc1cn[nH]c1.O.[2H][2H].[2H][2H].[2H][2H]. The van der Waals surface area contributed by atoms with Gasteiger partial charge in [-0.3, -0.25) is 38.3 Å². The second-order valence-corrected chi connectivity index (χ2v) is 51.1. The Morgan fingerprint density at radius 3 is 0.824 bits per heavy atom. The molecule has 4 heterocycles. The van der Waals surface area contributed by atoms with Crippen molar-refractivity contribution in [3.05, 3.63) is 71.8 Å². The van der Waals surface area contributed by atoms with Crippen LogP contribution in [0.1, 0.15) is 370 Å². The van der Waals surface area contributed by atoms with E-state index in [1.54, 1.807) is 57.4 Å². The molecule has 0 amide bonds. The highest BCUT2D eigenvalue weighted by molar-refractivity contribution is 9.09. The molecular weight excluding hydrogens is 1790 g/mol. The molecule has 21 nitrogen and oxygen atoms in total. The molecule has 7 N–H and O–H groups in total. The van der Waals surface area contributed by atoms with Crippen LogP contribution in [0.5, 0.6) is 0 Å². The molecule has 16 saturated carbocycles. The molecule has 0 bridgehead atoms. The molecule has 24 heteroatoms. The lowest BCUT2D eigenvalue weighted by Gasteiger charge is -2.63. The molecular formula is C112H180BrFN12O9S. The number of halogens is 2. The number of nitrogens with one attached hydrogen (secondary N) is 1. The Labute approximate surface area is 838 Å². The molecule has 0 spiro atoms. The second kappa shape index (κ2) is 41.8. The maximum absolute atomic E-state index is 13.4. The fraction of sp³-hybridized carbons (Fsp3) is 0.821. The number of hydrogen-bond acceptors (Lipinski definition) is 17. The number of carbonyl (C=O) groups is 4. The summed E-state index contributed by atoms with van der Waals surface area (Å²) >= 11 is 3.69. The first-order valence-corrected chi connectivity index (χ1v) is 53.8. The summed E-state index contributed by atoms with van der Waals surface area (Å²) < 4.78 is 45.1. The Balaban J connectivity index is 0.000000218. The number of nitrogens with zero attached hydrogens (tertiary/aromatic N) is 11. The van der Waals surface area contributed by atoms with E-state index >= 15 is 0 Å². The predicted octanol–water partition coefficient (Wildman–Crippen LogP) is 23.9. The van der Waals surface area contributed by atoms with Crippen LogP contribution in [0.3, 0.4) is 0 Å². The zero-order valence-electron chi connectivity index (χ0n) is 89.4. The van der Waals surface area contributed by atoms with E-state index in [1.165, 1.54) is 102 Å². The number of rotatable bonds is 11. The average molecular weight is 1980 g/mol. The zero-order chi connectivity index (χ0) is 101. The van der Waals surface area contributed by atoms with Gasteiger partial charge < -0.3 is 25.9 Å². The standard InChI is InChI=1S/3C27H39N3O2.C23H37BrO2.C4H3N3.CH3FS.3CH4.H2O.3H2/c3*1-17-11-19-12-25(2,32)9-10-26(19,3)22-7-8-27(4)20(5-6-21(27)24(17)22)23(31)16-30-15-18(13-28)14-29-30;1-14-11-15-12-21(2,26)9-10-22(15,3)18-7-8-23(4)16(19(25)13-24)5-6-17(23)20(14)18;5-1-4-2-6-7-3-4;1-3-2;;;;;;;/h3*14-15,17,19-22,24,32H,5-12,16H2,1-4H3;14-18,20,26H,5-13H2,1-4H3;2-3H,(H,6,7);1H3;3*1H4;1H2;3*1H/t17?,19-,20+,21-,22-,24-,25+,26-,27+;17-,19+,20+,21+,22+,24+,25-,26+,27-;17-,19-,20+,21-,22-,24-,25+,26-,27+;14?,15-,16+,17-,18-,20-,21+,22-,23+;;;;;;;;;/m0100........./s1/i;;;;;;;;;;3*1+1D. The third-order valence-electron chi connectivity index (χ3n) is 42.8. The van der Waals surface area contributed by atoms with Gasteiger partial charge in [-0.1, -0.05) is 121 Å². The number of fused-ring (bicyclic) bond motifs is 20. The first-order chi connectivity index (χ1) is 65.2. The van der Waals surface area contributed by atoms with Crippen LogP contribution < -0.4 is 0 Å².